The zero-order valence-corrected chi connectivity index (χ0v) is 16.0. The molecule has 1 aliphatic carbocycles. The van der Waals surface area contributed by atoms with Crippen LogP contribution in [-0.2, 0) is 4.79 Å². The van der Waals surface area contributed by atoms with E-state index in [0.717, 1.165) is 11.3 Å². The zero-order valence-electron chi connectivity index (χ0n) is 15.2. The fourth-order valence-corrected chi connectivity index (χ4v) is 4.30. The number of carboxylic acids is 1. The maximum Gasteiger partial charge on any atom is 0.387 e. The SMILES string of the molecule is O=C(O)C1([N+](=O)[O-])CC(c2nc(-c3ccccc3)cs2)=CC=C1c1ccccc1. The van der Waals surface area contributed by atoms with Crippen molar-refractivity contribution in [1.82, 2.24) is 4.98 Å². The number of allylic oxidation sites excluding steroid dienone is 2. The Morgan fingerprint density at radius 1 is 1.03 bits per heavy atom. The van der Waals surface area contributed by atoms with Crippen LogP contribution in [0.15, 0.2) is 78.2 Å². The van der Waals surface area contributed by atoms with Crippen molar-refractivity contribution in [3.8, 4) is 11.3 Å². The summed E-state index contributed by atoms with van der Waals surface area (Å²) in [4.78, 5) is 28.1. The lowest BCUT2D eigenvalue weighted by atomic mass is 9.77. The van der Waals surface area contributed by atoms with Gasteiger partial charge in [0.05, 0.1) is 12.1 Å². The highest BCUT2D eigenvalue weighted by molar-refractivity contribution is 7.11. The quantitative estimate of drug-likeness (QED) is 0.488. The summed E-state index contributed by atoms with van der Waals surface area (Å²) in [6.45, 7) is 0. The average Bonchev–Trinajstić information content (AvgIpc) is 3.24. The third-order valence-corrected chi connectivity index (χ3v) is 5.86. The number of aromatic nitrogens is 1. The minimum Gasteiger partial charge on any atom is -0.476 e. The summed E-state index contributed by atoms with van der Waals surface area (Å²) in [5.41, 5.74) is 0.655. The van der Waals surface area contributed by atoms with Crippen LogP contribution in [0, 0.1) is 10.1 Å². The van der Waals surface area contributed by atoms with E-state index in [1.54, 1.807) is 36.4 Å². The molecule has 6 nitrogen and oxygen atoms in total. The molecule has 3 aromatic rings. The first-order valence-electron chi connectivity index (χ1n) is 8.88. The molecule has 1 atom stereocenters. The number of nitro groups is 1. The number of thiazole rings is 1. The van der Waals surface area contributed by atoms with Gasteiger partial charge in [-0.2, -0.15) is 0 Å². The lowest BCUT2D eigenvalue weighted by Gasteiger charge is -2.27. The largest absolute Gasteiger partial charge is 0.476 e. The zero-order chi connectivity index (χ0) is 20.4. The maximum absolute atomic E-state index is 12.2. The Bertz CT molecular complexity index is 1120. The van der Waals surface area contributed by atoms with E-state index >= 15 is 0 Å². The lowest BCUT2D eigenvalue weighted by Crippen LogP contribution is -2.48. The van der Waals surface area contributed by atoms with Crippen LogP contribution in [0.3, 0.4) is 0 Å². The number of hydrogen-bond donors (Lipinski definition) is 1. The van der Waals surface area contributed by atoms with E-state index in [2.05, 4.69) is 4.98 Å². The Morgan fingerprint density at radius 2 is 1.66 bits per heavy atom. The molecule has 0 spiro atoms. The van der Waals surface area contributed by atoms with Crippen molar-refractivity contribution in [2.45, 2.75) is 12.0 Å². The number of carboxylic acid groups (broad SMARTS) is 1. The van der Waals surface area contributed by atoms with E-state index in [0.29, 0.717) is 16.1 Å². The van der Waals surface area contributed by atoms with Crippen LogP contribution in [0.5, 0.6) is 0 Å². The maximum atomic E-state index is 12.2. The van der Waals surface area contributed by atoms with Crippen LogP contribution in [0.25, 0.3) is 22.4 Å². The fourth-order valence-electron chi connectivity index (χ4n) is 3.45. The molecule has 0 saturated carbocycles. The molecule has 2 aromatic carbocycles. The van der Waals surface area contributed by atoms with Crippen LogP contribution in [0.1, 0.15) is 17.0 Å². The average molecular weight is 404 g/mol. The molecule has 0 aliphatic heterocycles. The summed E-state index contributed by atoms with van der Waals surface area (Å²) in [6.07, 6.45) is 3.01. The first kappa shape index (κ1) is 18.8. The molecule has 144 valence electrons. The lowest BCUT2D eigenvalue weighted by molar-refractivity contribution is -0.535. The molecule has 29 heavy (non-hydrogen) atoms. The monoisotopic (exact) mass is 404 g/mol. The van der Waals surface area contributed by atoms with Gasteiger partial charge >= 0.3 is 11.5 Å². The van der Waals surface area contributed by atoms with E-state index < -0.39 is 16.4 Å². The normalized spacial score (nSPS) is 18.6. The van der Waals surface area contributed by atoms with E-state index in [1.165, 1.54) is 17.4 Å². The van der Waals surface area contributed by atoms with Gasteiger partial charge in [0.1, 0.15) is 5.01 Å². The van der Waals surface area contributed by atoms with Gasteiger partial charge in [0, 0.05) is 21.4 Å². The number of carbonyl (C=O) groups is 1. The summed E-state index contributed by atoms with van der Waals surface area (Å²) < 4.78 is 0. The Balaban J connectivity index is 1.80. The highest BCUT2D eigenvalue weighted by atomic mass is 32.1. The van der Waals surface area contributed by atoms with Gasteiger partial charge in [0.25, 0.3) is 0 Å². The minimum atomic E-state index is -2.26. The van der Waals surface area contributed by atoms with Crippen LogP contribution in [0.4, 0.5) is 0 Å². The molecule has 1 N–H and O–H groups in total. The predicted molar refractivity (Wildman–Crippen MR) is 112 cm³/mol. The third-order valence-electron chi connectivity index (χ3n) is 4.94. The van der Waals surface area contributed by atoms with E-state index in [9.17, 15) is 20.0 Å². The molecular formula is C22H16N2O4S. The predicted octanol–water partition coefficient (Wildman–Crippen LogP) is 4.78. The van der Waals surface area contributed by atoms with Crippen molar-refractivity contribution in [3.05, 3.63) is 98.9 Å². The van der Waals surface area contributed by atoms with E-state index in [-0.39, 0.29) is 12.0 Å². The molecule has 1 unspecified atom stereocenters. The molecule has 1 aliphatic rings. The second-order valence-electron chi connectivity index (χ2n) is 6.64. The van der Waals surface area contributed by atoms with Crippen LogP contribution >= 0.6 is 11.3 Å². The Labute approximate surface area is 170 Å². The van der Waals surface area contributed by atoms with Gasteiger partial charge in [0.15, 0.2) is 0 Å². The summed E-state index contributed by atoms with van der Waals surface area (Å²) >= 11 is 1.35. The summed E-state index contributed by atoms with van der Waals surface area (Å²) in [6, 6.07) is 18.2. The van der Waals surface area contributed by atoms with Gasteiger partial charge in [-0.15, -0.1) is 11.3 Å². The Morgan fingerprint density at radius 3 is 2.24 bits per heavy atom. The van der Waals surface area contributed by atoms with Gasteiger partial charge in [-0.3, -0.25) is 10.1 Å². The third kappa shape index (κ3) is 3.25. The van der Waals surface area contributed by atoms with Crippen LogP contribution < -0.4 is 0 Å². The molecule has 7 heteroatoms. The van der Waals surface area contributed by atoms with Crippen molar-refractivity contribution in [2.75, 3.05) is 0 Å². The van der Waals surface area contributed by atoms with Gasteiger partial charge < -0.3 is 5.11 Å². The van der Waals surface area contributed by atoms with Crippen LogP contribution in [0.2, 0.25) is 0 Å². The minimum absolute atomic E-state index is 0.166. The molecular weight excluding hydrogens is 388 g/mol. The van der Waals surface area contributed by atoms with Gasteiger partial charge in [-0.05, 0) is 11.1 Å². The molecule has 0 saturated heterocycles. The fraction of sp³-hybridized carbons (Fsp3) is 0.0909. The van der Waals surface area contributed by atoms with Crippen molar-refractivity contribution in [3.63, 3.8) is 0 Å². The van der Waals surface area contributed by atoms with Crippen molar-refractivity contribution in [2.24, 2.45) is 0 Å². The van der Waals surface area contributed by atoms with Crippen LogP contribution in [-0.4, -0.2) is 26.5 Å². The van der Waals surface area contributed by atoms with E-state index in [1.807, 2.05) is 35.7 Å². The number of aliphatic carboxylic acids is 1. The Hall–Kier alpha value is -3.58. The summed E-state index contributed by atoms with van der Waals surface area (Å²) in [7, 11) is 0. The first-order chi connectivity index (χ1) is 14.0. The summed E-state index contributed by atoms with van der Waals surface area (Å²) in [5.74, 6) is -1.48. The number of nitrogens with zero attached hydrogens (tertiary/aromatic N) is 2. The van der Waals surface area contributed by atoms with Gasteiger partial charge in [-0.1, -0.05) is 72.8 Å². The molecule has 0 bridgehead atoms. The summed E-state index contributed by atoms with van der Waals surface area (Å²) in [5, 5.41) is 24.4. The smallest absolute Gasteiger partial charge is 0.387 e. The van der Waals surface area contributed by atoms with Crippen molar-refractivity contribution >= 4 is 28.5 Å². The van der Waals surface area contributed by atoms with Crippen molar-refractivity contribution in [1.29, 1.82) is 0 Å². The highest BCUT2D eigenvalue weighted by Crippen LogP contribution is 2.43. The topological polar surface area (TPSA) is 93.3 Å². The highest BCUT2D eigenvalue weighted by Gasteiger charge is 2.57. The van der Waals surface area contributed by atoms with E-state index in [4.69, 9.17) is 0 Å². The van der Waals surface area contributed by atoms with Crippen molar-refractivity contribution < 1.29 is 14.8 Å². The molecule has 4 rings (SSSR count). The van der Waals surface area contributed by atoms with Gasteiger partial charge in [-0.25, -0.2) is 9.78 Å². The number of rotatable bonds is 5. The molecule has 0 amide bonds. The molecule has 0 radical (unpaired) electrons. The molecule has 0 fully saturated rings. The number of benzene rings is 2. The Kier molecular flexibility index (Phi) is 4.82. The molecule has 1 heterocycles. The second kappa shape index (κ2) is 7.44. The van der Waals surface area contributed by atoms with Gasteiger partial charge in [0.2, 0.25) is 0 Å². The first-order valence-corrected chi connectivity index (χ1v) is 9.76. The standard InChI is InChI=1S/C22H16N2O4S/c25-21(26)22(24(27)28)13-17(11-12-18(22)15-7-3-1-4-8-15)20-23-19(14-29-20)16-9-5-2-6-10-16/h1-12,14H,13H2,(H,25,26). The second-order valence-corrected chi connectivity index (χ2v) is 7.50. The number of hydrogen-bond acceptors (Lipinski definition) is 5. The molecule has 1 aromatic heterocycles.